The lowest BCUT2D eigenvalue weighted by atomic mass is 9.92. The van der Waals surface area contributed by atoms with Gasteiger partial charge in [-0.05, 0) is 49.4 Å². The topological polar surface area (TPSA) is 117 Å². The second kappa shape index (κ2) is 10.6. The summed E-state index contributed by atoms with van der Waals surface area (Å²) in [5, 5.41) is 16.0. The third-order valence-corrected chi connectivity index (χ3v) is 6.69. The standard InChI is InChI=1S/C25H32FN5O4/c1-14(2)20-13-35-25(34)31(20)22-10-11-27-24(30-22)28-15(3)16-8-9-17(18(26)12-16)23(33)29-19-6-4-5-7-21(19)32/h8-12,14-15,19-21,32H,4-7,13H2,1-3H3,(H,29,33)(H,27,28,30)/t15-,19+,20+,21-/m0/s1. The molecule has 10 heteroatoms. The first-order valence-corrected chi connectivity index (χ1v) is 12.1. The second-order valence-electron chi connectivity index (χ2n) is 9.53. The molecule has 3 N–H and O–H groups in total. The smallest absolute Gasteiger partial charge is 0.415 e. The highest BCUT2D eigenvalue weighted by molar-refractivity contribution is 5.94. The predicted octanol–water partition coefficient (Wildman–Crippen LogP) is 3.80. The molecule has 2 aliphatic rings. The molecule has 4 atom stereocenters. The van der Waals surface area contributed by atoms with Crippen molar-refractivity contribution in [3.63, 3.8) is 0 Å². The number of aliphatic hydroxyl groups is 1. The molecule has 0 spiro atoms. The number of hydrogen-bond acceptors (Lipinski definition) is 7. The molecule has 1 aliphatic heterocycles. The fraction of sp³-hybridized carbons (Fsp3) is 0.520. The highest BCUT2D eigenvalue weighted by Crippen LogP contribution is 2.27. The van der Waals surface area contributed by atoms with Crippen LogP contribution in [-0.4, -0.2) is 51.9 Å². The number of benzene rings is 1. The van der Waals surface area contributed by atoms with Crippen molar-refractivity contribution >= 4 is 23.8 Å². The van der Waals surface area contributed by atoms with Crippen LogP contribution in [-0.2, 0) is 4.74 Å². The summed E-state index contributed by atoms with van der Waals surface area (Å²) in [6.45, 7) is 6.15. The number of nitrogens with one attached hydrogen (secondary N) is 2. The molecule has 0 bridgehead atoms. The Balaban J connectivity index is 1.44. The number of carbonyl (C=O) groups is 2. The molecule has 1 saturated heterocycles. The number of nitrogens with zero attached hydrogens (tertiary/aromatic N) is 3. The largest absolute Gasteiger partial charge is 0.447 e. The maximum absolute atomic E-state index is 14.8. The van der Waals surface area contributed by atoms with E-state index < -0.39 is 23.9 Å². The van der Waals surface area contributed by atoms with Crippen molar-refractivity contribution in [2.75, 3.05) is 16.8 Å². The molecule has 188 valence electrons. The van der Waals surface area contributed by atoms with Crippen LogP contribution in [0.3, 0.4) is 0 Å². The Labute approximate surface area is 204 Å². The zero-order valence-corrected chi connectivity index (χ0v) is 20.2. The van der Waals surface area contributed by atoms with Crippen LogP contribution in [0, 0.1) is 11.7 Å². The first-order chi connectivity index (χ1) is 16.7. The van der Waals surface area contributed by atoms with Crippen LogP contribution in [0.15, 0.2) is 30.5 Å². The van der Waals surface area contributed by atoms with Crippen molar-refractivity contribution in [3.8, 4) is 0 Å². The van der Waals surface area contributed by atoms with Gasteiger partial charge in [-0.3, -0.25) is 9.69 Å². The van der Waals surface area contributed by atoms with Crippen molar-refractivity contribution in [2.24, 2.45) is 5.92 Å². The minimum Gasteiger partial charge on any atom is -0.447 e. The van der Waals surface area contributed by atoms with E-state index >= 15 is 0 Å². The molecule has 35 heavy (non-hydrogen) atoms. The molecule has 2 fully saturated rings. The molecule has 9 nitrogen and oxygen atoms in total. The van der Waals surface area contributed by atoms with Gasteiger partial charge in [0, 0.05) is 6.20 Å². The van der Waals surface area contributed by atoms with Crippen LogP contribution in [0.2, 0.25) is 0 Å². The van der Waals surface area contributed by atoms with Gasteiger partial charge in [0.25, 0.3) is 5.91 Å². The molecule has 1 aromatic carbocycles. The molecule has 2 aromatic rings. The first-order valence-electron chi connectivity index (χ1n) is 12.1. The fourth-order valence-corrected chi connectivity index (χ4v) is 4.53. The minimum absolute atomic E-state index is 0.0655. The second-order valence-corrected chi connectivity index (χ2v) is 9.53. The molecule has 0 radical (unpaired) electrons. The third-order valence-electron chi connectivity index (χ3n) is 6.69. The Morgan fingerprint density at radius 1 is 1.23 bits per heavy atom. The minimum atomic E-state index is -0.645. The van der Waals surface area contributed by atoms with Crippen LogP contribution in [0.1, 0.15) is 68.4 Å². The summed E-state index contributed by atoms with van der Waals surface area (Å²) in [5.74, 6) is -0.279. The number of hydrogen-bond donors (Lipinski definition) is 3. The number of halogens is 1. The SMILES string of the molecule is CC(C)[C@H]1COC(=O)N1c1ccnc(N[C@@H](C)c2ccc(C(=O)N[C@@H]3CCCC[C@@H]3O)c(F)c2)n1. The summed E-state index contributed by atoms with van der Waals surface area (Å²) < 4.78 is 20.0. The maximum atomic E-state index is 14.8. The van der Waals surface area contributed by atoms with E-state index in [2.05, 4.69) is 20.6 Å². The highest BCUT2D eigenvalue weighted by atomic mass is 19.1. The molecule has 4 rings (SSSR count). The lowest BCUT2D eigenvalue weighted by Gasteiger charge is -2.28. The van der Waals surface area contributed by atoms with E-state index in [9.17, 15) is 19.1 Å². The van der Waals surface area contributed by atoms with Gasteiger partial charge in [0.05, 0.1) is 29.8 Å². The van der Waals surface area contributed by atoms with Crippen molar-refractivity contribution in [3.05, 3.63) is 47.4 Å². The van der Waals surface area contributed by atoms with Crippen LogP contribution >= 0.6 is 0 Å². The summed E-state index contributed by atoms with van der Waals surface area (Å²) in [4.78, 5) is 35.0. The molecule has 2 heterocycles. The van der Waals surface area contributed by atoms with Crippen molar-refractivity contribution in [1.82, 2.24) is 15.3 Å². The molecule has 2 amide bonds. The van der Waals surface area contributed by atoms with E-state index in [0.717, 1.165) is 12.8 Å². The molecule has 1 aliphatic carbocycles. The Kier molecular flexibility index (Phi) is 7.49. The van der Waals surface area contributed by atoms with Crippen LogP contribution in [0.5, 0.6) is 0 Å². The van der Waals surface area contributed by atoms with E-state index in [1.54, 1.807) is 18.3 Å². The lowest BCUT2D eigenvalue weighted by Crippen LogP contribution is -2.45. The summed E-state index contributed by atoms with van der Waals surface area (Å²) in [6.07, 6.45) is 3.66. The van der Waals surface area contributed by atoms with Crippen LogP contribution in [0.4, 0.5) is 21.0 Å². The number of aromatic nitrogens is 2. The summed E-state index contributed by atoms with van der Waals surface area (Å²) in [5.41, 5.74) is 0.538. The Morgan fingerprint density at radius 2 is 2.00 bits per heavy atom. The van der Waals surface area contributed by atoms with Crippen molar-refractivity contribution in [2.45, 2.75) is 70.7 Å². The summed E-state index contributed by atoms with van der Waals surface area (Å²) in [7, 11) is 0. The lowest BCUT2D eigenvalue weighted by molar-refractivity contribution is 0.0714. The predicted molar refractivity (Wildman–Crippen MR) is 129 cm³/mol. The number of cyclic esters (lactones) is 1. The quantitative estimate of drug-likeness (QED) is 0.546. The fourth-order valence-electron chi connectivity index (χ4n) is 4.53. The Hall–Kier alpha value is -3.27. The number of amides is 2. The first kappa shape index (κ1) is 24.8. The Morgan fingerprint density at radius 3 is 2.71 bits per heavy atom. The average molecular weight is 486 g/mol. The van der Waals surface area contributed by atoms with E-state index in [1.165, 1.54) is 17.0 Å². The summed E-state index contributed by atoms with van der Waals surface area (Å²) >= 11 is 0. The third kappa shape index (κ3) is 5.53. The van der Waals surface area contributed by atoms with Crippen molar-refractivity contribution in [1.29, 1.82) is 0 Å². The number of carbonyl (C=O) groups excluding carboxylic acids is 2. The monoisotopic (exact) mass is 485 g/mol. The van der Waals surface area contributed by atoms with E-state index in [0.29, 0.717) is 30.8 Å². The molecular weight excluding hydrogens is 453 g/mol. The summed E-state index contributed by atoms with van der Waals surface area (Å²) in [6, 6.07) is 5.22. The van der Waals surface area contributed by atoms with E-state index in [1.807, 2.05) is 20.8 Å². The zero-order valence-electron chi connectivity index (χ0n) is 20.2. The number of rotatable bonds is 7. The van der Waals surface area contributed by atoms with Gasteiger partial charge in [-0.1, -0.05) is 32.8 Å². The van der Waals surface area contributed by atoms with Crippen LogP contribution in [0.25, 0.3) is 0 Å². The number of aliphatic hydroxyl groups excluding tert-OH is 1. The van der Waals surface area contributed by atoms with Crippen molar-refractivity contribution < 1.29 is 23.8 Å². The van der Waals surface area contributed by atoms with E-state index in [-0.39, 0.29) is 35.6 Å². The van der Waals surface area contributed by atoms with Gasteiger partial charge in [-0.25, -0.2) is 14.2 Å². The van der Waals surface area contributed by atoms with Gasteiger partial charge in [0.15, 0.2) is 0 Å². The normalized spacial score (nSPS) is 23.2. The van der Waals surface area contributed by atoms with Gasteiger partial charge < -0.3 is 20.5 Å². The van der Waals surface area contributed by atoms with Gasteiger partial charge in [0.1, 0.15) is 18.2 Å². The molecule has 0 unspecified atom stereocenters. The van der Waals surface area contributed by atoms with Gasteiger partial charge >= 0.3 is 6.09 Å². The van der Waals surface area contributed by atoms with Gasteiger partial charge in [-0.15, -0.1) is 0 Å². The number of anilines is 2. The van der Waals surface area contributed by atoms with E-state index in [4.69, 9.17) is 4.74 Å². The average Bonchev–Trinajstić information content (AvgIpc) is 3.22. The number of ether oxygens (including phenoxy) is 1. The molecular formula is C25H32FN5O4. The Bertz CT molecular complexity index is 1080. The maximum Gasteiger partial charge on any atom is 0.415 e. The zero-order chi connectivity index (χ0) is 25.1. The molecule has 1 aromatic heterocycles. The molecule has 1 saturated carbocycles. The van der Waals surface area contributed by atoms with Gasteiger partial charge in [-0.2, -0.15) is 4.98 Å². The van der Waals surface area contributed by atoms with Crippen LogP contribution < -0.4 is 15.5 Å². The highest BCUT2D eigenvalue weighted by Gasteiger charge is 2.37. The van der Waals surface area contributed by atoms with Gasteiger partial charge in [0.2, 0.25) is 5.95 Å².